The first-order chi connectivity index (χ1) is 9.72. The van der Waals surface area contributed by atoms with Crippen LogP contribution in [0.2, 0.25) is 0 Å². The molecule has 0 aliphatic carbocycles. The highest BCUT2D eigenvalue weighted by atomic mass is 16.1. The summed E-state index contributed by atoms with van der Waals surface area (Å²) in [5.41, 5.74) is 7.92. The average Bonchev–Trinajstić information content (AvgIpc) is 3.06. The molecule has 7 nitrogen and oxygen atoms in total. The van der Waals surface area contributed by atoms with Crippen LogP contribution >= 0.6 is 0 Å². The third kappa shape index (κ3) is 2.09. The normalized spacial score (nSPS) is 28.0. The zero-order valence-corrected chi connectivity index (χ0v) is 11.1. The molecule has 0 bridgehead atoms. The Labute approximate surface area is 116 Å². The number of nitrogens with one attached hydrogen (secondary N) is 3. The van der Waals surface area contributed by atoms with Crippen LogP contribution < -0.4 is 16.2 Å². The van der Waals surface area contributed by atoms with Crippen molar-refractivity contribution in [2.75, 3.05) is 20.1 Å². The van der Waals surface area contributed by atoms with Gasteiger partial charge >= 0.3 is 0 Å². The Morgan fingerprint density at radius 2 is 2.35 bits per heavy atom. The van der Waals surface area contributed by atoms with Crippen molar-refractivity contribution >= 4 is 5.91 Å². The van der Waals surface area contributed by atoms with Crippen molar-refractivity contribution in [2.45, 2.75) is 12.1 Å². The van der Waals surface area contributed by atoms with E-state index in [0.717, 1.165) is 18.7 Å². The van der Waals surface area contributed by atoms with Crippen molar-refractivity contribution in [3.05, 3.63) is 29.6 Å². The summed E-state index contributed by atoms with van der Waals surface area (Å²) in [5.74, 6) is 0.144. The summed E-state index contributed by atoms with van der Waals surface area (Å²) >= 11 is 0. The molecule has 0 aromatic carbocycles. The number of nitriles is 1. The van der Waals surface area contributed by atoms with Crippen LogP contribution in [-0.2, 0) is 0 Å². The van der Waals surface area contributed by atoms with Gasteiger partial charge in [-0.05, 0) is 11.6 Å². The van der Waals surface area contributed by atoms with Crippen molar-refractivity contribution in [1.29, 1.82) is 5.26 Å². The third-order valence-corrected chi connectivity index (χ3v) is 3.96. The molecule has 2 fully saturated rings. The molecular weight excluding hydrogens is 256 g/mol. The standard InChI is InChI=1S/C13H16N6O/c1-15-13(20)10-3-2-8(4-16-10)12-9-5-19(7-14)6-11(9)17-18-12/h2-4,9,11-12,17-18H,5-6H2,1H3,(H,15,20). The maximum absolute atomic E-state index is 11.5. The molecule has 0 spiro atoms. The highest BCUT2D eigenvalue weighted by Gasteiger charge is 2.43. The number of hydrogen-bond donors (Lipinski definition) is 3. The second-order valence-corrected chi connectivity index (χ2v) is 5.10. The Kier molecular flexibility index (Phi) is 3.26. The smallest absolute Gasteiger partial charge is 0.269 e. The molecule has 3 N–H and O–H groups in total. The van der Waals surface area contributed by atoms with E-state index in [-0.39, 0.29) is 18.0 Å². The van der Waals surface area contributed by atoms with Gasteiger partial charge in [0.15, 0.2) is 6.19 Å². The number of likely N-dealkylation sites (tertiary alicyclic amines) is 1. The number of aromatic nitrogens is 1. The maximum atomic E-state index is 11.5. The number of nitrogens with zero attached hydrogens (tertiary/aromatic N) is 3. The maximum Gasteiger partial charge on any atom is 0.269 e. The summed E-state index contributed by atoms with van der Waals surface area (Å²) in [6, 6.07) is 4.02. The summed E-state index contributed by atoms with van der Waals surface area (Å²) < 4.78 is 0. The quantitative estimate of drug-likeness (QED) is 0.621. The summed E-state index contributed by atoms with van der Waals surface area (Å²) in [4.78, 5) is 17.4. The lowest BCUT2D eigenvalue weighted by atomic mass is 9.93. The molecule has 2 aliphatic rings. The van der Waals surface area contributed by atoms with Gasteiger partial charge in [-0.15, -0.1) is 0 Å². The molecule has 3 atom stereocenters. The Morgan fingerprint density at radius 3 is 3.00 bits per heavy atom. The number of carbonyl (C=O) groups is 1. The molecule has 3 heterocycles. The van der Waals surface area contributed by atoms with Crippen LogP contribution in [0.15, 0.2) is 18.3 Å². The molecule has 0 saturated carbocycles. The van der Waals surface area contributed by atoms with Gasteiger partial charge in [-0.2, -0.15) is 5.26 Å². The third-order valence-electron chi connectivity index (χ3n) is 3.96. The molecule has 1 aromatic rings. The topological polar surface area (TPSA) is 93.1 Å². The predicted molar refractivity (Wildman–Crippen MR) is 71.1 cm³/mol. The molecule has 0 radical (unpaired) electrons. The number of hydrazine groups is 1. The second-order valence-electron chi connectivity index (χ2n) is 5.10. The van der Waals surface area contributed by atoms with E-state index in [2.05, 4.69) is 27.3 Å². The molecule has 20 heavy (non-hydrogen) atoms. The Morgan fingerprint density at radius 1 is 1.50 bits per heavy atom. The van der Waals surface area contributed by atoms with Crippen LogP contribution in [0.3, 0.4) is 0 Å². The molecule has 2 aliphatic heterocycles. The zero-order chi connectivity index (χ0) is 14.1. The first-order valence-corrected chi connectivity index (χ1v) is 6.56. The van der Waals surface area contributed by atoms with Crippen LogP contribution in [0.1, 0.15) is 22.1 Å². The molecule has 104 valence electrons. The van der Waals surface area contributed by atoms with Crippen LogP contribution in [0.25, 0.3) is 0 Å². The highest BCUT2D eigenvalue weighted by Crippen LogP contribution is 2.33. The lowest BCUT2D eigenvalue weighted by Crippen LogP contribution is -2.35. The van der Waals surface area contributed by atoms with Gasteiger partial charge in [-0.25, -0.2) is 5.43 Å². The van der Waals surface area contributed by atoms with Crippen LogP contribution in [0, 0.1) is 17.4 Å². The van der Waals surface area contributed by atoms with E-state index < -0.39 is 0 Å². The molecule has 7 heteroatoms. The van der Waals surface area contributed by atoms with Crippen LogP contribution in [0.5, 0.6) is 0 Å². The molecule has 3 rings (SSSR count). The summed E-state index contributed by atoms with van der Waals surface area (Å²) in [5, 5.41) is 11.5. The minimum absolute atomic E-state index is 0.115. The van der Waals surface area contributed by atoms with E-state index >= 15 is 0 Å². The van der Waals surface area contributed by atoms with E-state index in [9.17, 15) is 4.79 Å². The predicted octanol–water partition coefficient (Wildman–Crippen LogP) is -0.628. The van der Waals surface area contributed by atoms with Crippen molar-refractivity contribution in [3.8, 4) is 6.19 Å². The fourth-order valence-corrected chi connectivity index (χ4v) is 2.89. The van der Waals surface area contributed by atoms with E-state index in [1.165, 1.54) is 0 Å². The Balaban J connectivity index is 1.77. The first-order valence-electron chi connectivity index (χ1n) is 6.56. The van der Waals surface area contributed by atoms with Gasteiger partial charge in [0.2, 0.25) is 0 Å². The number of carbonyl (C=O) groups excluding carboxylic acids is 1. The first kappa shape index (κ1) is 12.8. The Bertz CT molecular complexity index is 551. The summed E-state index contributed by atoms with van der Waals surface area (Å²) in [7, 11) is 1.58. The van der Waals surface area contributed by atoms with E-state index in [0.29, 0.717) is 11.6 Å². The molecule has 1 amide bonds. The number of hydrogen-bond acceptors (Lipinski definition) is 6. The average molecular weight is 272 g/mol. The van der Waals surface area contributed by atoms with E-state index in [4.69, 9.17) is 5.26 Å². The van der Waals surface area contributed by atoms with Crippen molar-refractivity contribution in [2.24, 2.45) is 5.92 Å². The van der Waals surface area contributed by atoms with Crippen LogP contribution in [-0.4, -0.2) is 42.0 Å². The highest BCUT2D eigenvalue weighted by molar-refractivity contribution is 5.91. The van der Waals surface area contributed by atoms with E-state index in [1.54, 1.807) is 24.2 Å². The van der Waals surface area contributed by atoms with Crippen LogP contribution in [0.4, 0.5) is 0 Å². The molecule has 1 aromatic heterocycles. The number of rotatable bonds is 2. The number of fused-ring (bicyclic) bond motifs is 1. The lowest BCUT2D eigenvalue weighted by Gasteiger charge is -2.17. The molecule has 2 saturated heterocycles. The van der Waals surface area contributed by atoms with E-state index in [1.807, 2.05) is 6.07 Å². The number of pyridine rings is 1. The van der Waals surface area contributed by atoms with Gasteiger partial charge in [0, 0.05) is 38.3 Å². The van der Waals surface area contributed by atoms with Gasteiger partial charge < -0.3 is 10.2 Å². The van der Waals surface area contributed by atoms with Gasteiger partial charge in [-0.1, -0.05) is 6.07 Å². The van der Waals surface area contributed by atoms with Gasteiger partial charge in [0.25, 0.3) is 5.91 Å². The van der Waals surface area contributed by atoms with Gasteiger partial charge in [-0.3, -0.25) is 15.2 Å². The summed E-state index contributed by atoms with van der Waals surface area (Å²) in [6.45, 7) is 1.47. The Hall–Kier alpha value is -2.17. The van der Waals surface area contributed by atoms with Crippen molar-refractivity contribution in [3.63, 3.8) is 0 Å². The monoisotopic (exact) mass is 272 g/mol. The van der Waals surface area contributed by atoms with Crippen molar-refractivity contribution < 1.29 is 4.79 Å². The summed E-state index contributed by atoms with van der Waals surface area (Å²) in [6.07, 6.45) is 3.92. The number of amides is 1. The molecule has 3 unspecified atom stereocenters. The minimum atomic E-state index is -0.191. The second kappa shape index (κ2) is 5.07. The lowest BCUT2D eigenvalue weighted by molar-refractivity contribution is 0.0958. The SMILES string of the molecule is CNC(=O)c1ccc(C2NNC3CN(C#N)CC32)cn1. The fraction of sp³-hybridized carbons (Fsp3) is 0.462. The molecular formula is C13H16N6O. The largest absolute Gasteiger partial charge is 0.354 e. The minimum Gasteiger partial charge on any atom is -0.354 e. The fourth-order valence-electron chi connectivity index (χ4n) is 2.89. The van der Waals surface area contributed by atoms with Gasteiger partial charge in [0.05, 0.1) is 6.04 Å². The van der Waals surface area contributed by atoms with Gasteiger partial charge in [0.1, 0.15) is 5.69 Å². The zero-order valence-electron chi connectivity index (χ0n) is 11.1. The van der Waals surface area contributed by atoms with Crippen molar-refractivity contribution in [1.82, 2.24) is 26.1 Å².